The summed E-state index contributed by atoms with van der Waals surface area (Å²) < 4.78 is 25.2. The summed E-state index contributed by atoms with van der Waals surface area (Å²) in [6, 6.07) is 10.1. The van der Waals surface area contributed by atoms with Gasteiger partial charge in [0, 0.05) is 12.5 Å². The van der Waals surface area contributed by atoms with E-state index in [1.165, 1.54) is 22.8 Å². The van der Waals surface area contributed by atoms with Gasteiger partial charge in [-0.2, -0.15) is 0 Å². The van der Waals surface area contributed by atoms with Gasteiger partial charge in [0.25, 0.3) is 5.56 Å². The van der Waals surface area contributed by atoms with E-state index in [1.54, 1.807) is 32.1 Å². The molecule has 4 rings (SSSR count). The number of fused-ring (bicyclic) bond motifs is 1. The zero-order chi connectivity index (χ0) is 29.8. The van der Waals surface area contributed by atoms with Crippen LogP contribution in [0.4, 0.5) is 0 Å². The minimum atomic E-state index is -0.798. The highest BCUT2D eigenvalue weighted by Gasteiger charge is 2.35. The largest absolute Gasteiger partial charge is 0.491 e. The fraction of sp³-hybridized carbons (Fsp3) is 0.333. The molecule has 1 aliphatic heterocycles. The molecule has 3 aromatic rings. The number of hydrogen-bond acceptors (Lipinski definition) is 9. The van der Waals surface area contributed by atoms with Gasteiger partial charge in [-0.25, -0.2) is 9.79 Å². The molecule has 11 heteroatoms. The summed E-state index contributed by atoms with van der Waals surface area (Å²) in [6.45, 7) is 11.0. The lowest BCUT2D eigenvalue weighted by Crippen LogP contribution is -2.40. The van der Waals surface area contributed by atoms with Crippen LogP contribution in [0.25, 0.3) is 6.08 Å². The first kappa shape index (κ1) is 30.5. The lowest BCUT2D eigenvalue weighted by atomic mass is 9.95. The Labute approximate surface area is 255 Å². The smallest absolute Gasteiger partial charge is 0.338 e. The van der Waals surface area contributed by atoms with E-state index in [0.29, 0.717) is 53.6 Å². The molecule has 0 N–H and O–H groups in total. The lowest BCUT2D eigenvalue weighted by molar-refractivity contribution is -0.139. The molecule has 1 aliphatic rings. The number of halogens is 1. The average Bonchev–Trinajstić information content (AvgIpc) is 3.19. The number of rotatable bonds is 9. The second-order valence-electron chi connectivity index (χ2n) is 9.36. The van der Waals surface area contributed by atoms with Gasteiger partial charge in [-0.15, -0.1) is 0 Å². The minimum absolute atomic E-state index is 0.125. The van der Waals surface area contributed by atoms with Crippen LogP contribution in [0, 0.1) is 3.57 Å². The standard InChI is InChI=1S/C30H31IN2O7S/c1-7-37-23-14-19(13-21(31)27(23)40-18(6)34)15-24-28(35)33-26(20-11-9-10-12-22(20)39-16(3)4)25(29(36)38-8-2)17(5)32-30(33)41-24/h9-16,26H,7-8H2,1-6H3/b24-15-/t26-/m1/s1. The fourth-order valence-corrected chi connectivity index (χ4v) is 6.26. The van der Waals surface area contributed by atoms with Gasteiger partial charge in [0.1, 0.15) is 11.8 Å². The molecule has 0 fully saturated rings. The molecule has 1 atom stereocenters. The van der Waals surface area contributed by atoms with Crippen molar-refractivity contribution in [3.8, 4) is 17.2 Å². The Morgan fingerprint density at radius 2 is 1.88 bits per heavy atom. The van der Waals surface area contributed by atoms with Crippen LogP contribution in [-0.4, -0.2) is 35.8 Å². The molecule has 0 radical (unpaired) electrons. The number of thiazole rings is 1. The van der Waals surface area contributed by atoms with E-state index in [1.807, 2.05) is 45.0 Å². The zero-order valence-electron chi connectivity index (χ0n) is 23.6. The first-order valence-electron chi connectivity index (χ1n) is 13.2. The SMILES string of the molecule is CCOC(=O)C1=C(C)N=c2s/c(=C\c3cc(I)c(OC(C)=O)c(OCC)c3)c(=O)n2[C@@H]1c1ccccc1OC(C)C. The molecular weight excluding hydrogens is 659 g/mol. The maximum Gasteiger partial charge on any atom is 0.338 e. The molecule has 41 heavy (non-hydrogen) atoms. The Morgan fingerprint density at radius 1 is 1.15 bits per heavy atom. The van der Waals surface area contributed by atoms with E-state index in [-0.39, 0.29) is 23.8 Å². The molecule has 0 bridgehead atoms. The first-order valence-corrected chi connectivity index (χ1v) is 15.0. The number of ether oxygens (including phenoxy) is 4. The number of hydrogen-bond donors (Lipinski definition) is 0. The van der Waals surface area contributed by atoms with Crippen molar-refractivity contribution in [2.24, 2.45) is 4.99 Å². The maximum absolute atomic E-state index is 14.0. The fourth-order valence-electron chi connectivity index (χ4n) is 4.48. The van der Waals surface area contributed by atoms with Crippen molar-refractivity contribution in [1.82, 2.24) is 4.57 Å². The summed E-state index contributed by atoms with van der Waals surface area (Å²) in [4.78, 5) is 44.0. The van der Waals surface area contributed by atoms with Gasteiger partial charge in [0.2, 0.25) is 0 Å². The summed E-state index contributed by atoms with van der Waals surface area (Å²) in [5.41, 5.74) is 1.78. The number of nitrogens with zero attached hydrogens (tertiary/aromatic N) is 2. The number of allylic oxidation sites excluding steroid dienone is 1. The summed E-state index contributed by atoms with van der Waals surface area (Å²) in [6.07, 6.45) is 1.61. The second-order valence-corrected chi connectivity index (χ2v) is 11.5. The molecule has 216 valence electrons. The summed E-state index contributed by atoms with van der Waals surface area (Å²) >= 11 is 3.29. The van der Waals surface area contributed by atoms with Gasteiger partial charge in [0.05, 0.1) is 38.7 Å². The third-order valence-corrected chi connectivity index (χ3v) is 7.75. The second kappa shape index (κ2) is 13.0. The van der Waals surface area contributed by atoms with Crippen molar-refractivity contribution in [3.63, 3.8) is 0 Å². The average molecular weight is 691 g/mol. The van der Waals surface area contributed by atoms with E-state index in [4.69, 9.17) is 18.9 Å². The zero-order valence-corrected chi connectivity index (χ0v) is 26.6. The molecular formula is C30H31IN2O7S. The number of aromatic nitrogens is 1. The van der Waals surface area contributed by atoms with Crippen molar-refractivity contribution in [1.29, 1.82) is 0 Å². The number of carbonyl (C=O) groups is 2. The van der Waals surface area contributed by atoms with Gasteiger partial charge >= 0.3 is 11.9 Å². The van der Waals surface area contributed by atoms with Crippen LogP contribution in [0.3, 0.4) is 0 Å². The number of esters is 2. The van der Waals surface area contributed by atoms with Crippen LogP contribution in [0.15, 0.2) is 57.5 Å². The van der Waals surface area contributed by atoms with E-state index in [2.05, 4.69) is 27.6 Å². The van der Waals surface area contributed by atoms with Crippen molar-refractivity contribution >= 4 is 51.9 Å². The summed E-state index contributed by atoms with van der Waals surface area (Å²) in [5.74, 6) is 0.293. The van der Waals surface area contributed by atoms with Crippen molar-refractivity contribution in [3.05, 3.63) is 82.1 Å². The van der Waals surface area contributed by atoms with E-state index >= 15 is 0 Å². The topological polar surface area (TPSA) is 105 Å². The Morgan fingerprint density at radius 3 is 2.54 bits per heavy atom. The minimum Gasteiger partial charge on any atom is -0.491 e. The highest BCUT2D eigenvalue weighted by atomic mass is 127. The molecule has 0 spiro atoms. The Kier molecular flexibility index (Phi) is 9.69. The Balaban J connectivity index is 1.95. The van der Waals surface area contributed by atoms with Crippen LogP contribution in [0.1, 0.15) is 58.7 Å². The normalized spacial score (nSPS) is 14.9. The van der Waals surface area contributed by atoms with Crippen LogP contribution < -0.4 is 29.1 Å². The van der Waals surface area contributed by atoms with Crippen LogP contribution in [-0.2, 0) is 14.3 Å². The summed E-state index contributed by atoms with van der Waals surface area (Å²) in [7, 11) is 0. The van der Waals surface area contributed by atoms with E-state index < -0.39 is 18.0 Å². The van der Waals surface area contributed by atoms with Gasteiger partial charge in [-0.05, 0) is 87.0 Å². The summed E-state index contributed by atoms with van der Waals surface area (Å²) in [5, 5.41) is 0. The highest BCUT2D eigenvalue weighted by Crippen LogP contribution is 2.37. The highest BCUT2D eigenvalue weighted by molar-refractivity contribution is 14.1. The number of para-hydroxylation sites is 1. The number of carbonyl (C=O) groups excluding carboxylic acids is 2. The number of benzene rings is 2. The van der Waals surface area contributed by atoms with Crippen LogP contribution in [0.2, 0.25) is 0 Å². The van der Waals surface area contributed by atoms with Crippen LogP contribution >= 0.6 is 33.9 Å². The molecule has 0 amide bonds. The van der Waals surface area contributed by atoms with E-state index in [0.717, 1.165) is 0 Å². The molecule has 9 nitrogen and oxygen atoms in total. The third kappa shape index (κ3) is 6.56. The Bertz CT molecular complexity index is 1700. The molecule has 0 aliphatic carbocycles. The predicted molar refractivity (Wildman–Crippen MR) is 164 cm³/mol. The van der Waals surface area contributed by atoms with Crippen molar-refractivity contribution in [2.75, 3.05) is 13.2 Å². The Hall–Kier alpha value is -3.45. The maximum atomic E-state index is 14.0. The molecule has 0 unspecified atom stereocenters. The van der Waals surface area contributed by atoms with Gasteiger partial charge in [0.15, 0.2) is 16.3 Å². The molecule has 0 saturated carbocycles. The predicted octanol–water partition coefficient (Wildman–Crippen LogP) is 4.51. The van der Waals surface area contributed by atoms with Gasteiger partial charge in [-0.3, -0.25) is 14.2 Å². The quantitative estimate of drug-likeness (QED) is 0.185. The van der Waals surface area contributed by atoms with E-state index in [9.17, 15) is 14.4 Å². The molecule has 2 heterocycles. The molecule has 0 saturated heterocycles. The first-order chi connectivity index (χ1) is 19.5. The van der Waals surface area contributed by atoms with Gasteiger partial charge < -0.3 is 18.9 Å². The molecule has 1 aromatic heterocycles. The lowest BCUT2D eigenvalue weighted by Gasteiger charge is -2.26. The van der Waals surface area contributed by atoms with Gasteiger partial charge in [-0.1, -0.05) is 29.5 Å². The monoisotopic (exact) mass is 690 g/mol. The molecule has 2 aromatic carbocycles. The third-order valence-electron chi connectivity index (χ3n) is 5.97. The van der Waals surface area contributed by atoms with Crippen LogP contribution in [0.5, 0.6) is 17.2 Å². The van der Waals surface area contributed by atoms with Crippen molar-refractivity contribution in [2.45, 2.75) is 53.7 Å². The van der Waals surface area contributed by atoms with Crippen molar-refractivity contribution < 1.29 is 28.5 Å².